The first-order valence-corrected chi connectivity index (χ1v) is 8.22. The molecule has 136 valence electrons. The van der Waals surface area contributed by atoms with Crippen molar-refractivity contribution in [1.29, 1.82) is 0 Å². The average molecular weight is 336 g/mol. The van der Waals surface area contributed by atoms with E-state index in [9.17, 15) is 13.2 Å². The van der Waals surface area contributed by atoms with Crippen molar-refractivity contribution in [3.8, 4) is 0 Å². The molecule has 0 aromatic rings. The second kappa shape index (κ2) is 7.28. The number of hydrogen-bond acceptors (Lipinski definition) is 2. The average Bonchev–Trinajstić information content (AvgIpc) is 2.38. The predicted molar refractivity (Wildman–Crippen MR) is 88.7 cm³/mol. The number of likely N-dealkylation sites (tertiary alicyclic amines) is 1. The summed E-state index contributed by atoms with van der Waals surface area (Å²) < 4.78 is 36.8. The van der Waals surface area contributed by atoms with Gasteiger partial charge in [-0.3, -0.25) is 9.89 Å². The van der Waals surface area contributed by atoms with E-state index in [4.69, 9.17) is 0 Å². The largest absolute Gasteiger partial charge is 0.401 e. The zero-order chi connectivity index (χ0) is 17.9. The molecule has 1 heterocycles. The number of hydrogen-bond donors (Lipinski definition) is 1. The molecule has 0 atom stereocenters. The number of rotatable bonds is 6. The second-order valence-corrected chi connectivity index (χ2v) is 7.47. The molecule has 1 saturated heterocycles. The van der Waals surface area contributed by atoms with E-state index in [1.54, 1.807) is 0 Å². The van der Waals surface area contributed by atoms with Crippen LogP contribution in [0.25, 0.3) is 0 Å². The lowest BCUT2D eigenvalue weighted by Crippen LogP contribution is -2.72. The molecule has 7 heteroatoms. The van der Waals surface area contributed by atoms with Gasteiger partial charge < -0.3 is 10.2 Å². The van der Waals surface area contributed by atoms with Crippen molar-refractivity contribution in [3.63, 3.8) is 0 Å². The summed E-state index contributed by atoms with van der Waals surface area (Å²) in [5.74, 6) is 0.857. The van der Waals surface area contributed by atoms with E-state index in [1.165, 1.54) is 11.9 Å². The monoisotopic (exact) mass is 336 g/mol. The Balaban J connectivity index is 2.51. The fraction of sp³-hybridized carbons (Fsp3) is 0.938. The molecule has 0 bridgehead atoms. The van der Waals surface area contributed by atoms with E-state index in [2.05, 4.69) is 42.9 Å². The van der Waals surface area contributed by atoms with Gasteiger partial charge in [-0.15, -0.1) is 0 Å². The van der Waals surface area contributed by atoms with Crippen molar-refractivity contribution in [3.05, 3.63) is 0 Å². The highest BCUT2D eigenvalue weighted by Gasteiger charge is 2.53. The van der Waals surface area contributed by atoms with Gasteiger partial charge in [0, 0.05) is 30.6 Å². The van der Waals surface area contributed by atoms with Gasteiger partial charge in [0.2, 0.25) is 0 Å². The van der Waals surface area contributed by atoms with Crippen molar-refractivity contribution >= 4 is 5.96 Å². The fourth-order valence-electron chi connectivity index (χ4n) is 2.71. The maximum Gasteiger partial charge on any atom is 0.401 e. The Morgan fingerprint density at radius 2 is 1.87 bits per heavy atom. The Kier molecular flexibility index (Phi) is 6.35. The van der Waals surface area contributed by atoms with Crippen molar-refractivity contribution in [2.45, 2.75) is 52.8 Å². The summed E-state index contributed by atoms with van der Waals surface area (Å²) in [4.78, 5) is 8.13. The molecule has 0 saturated carbocycles. The molecular formula is C16H31F3N4. The van der Waals surface area contributed by atoms with E-state index in [1.807, 2.05) is 6.92 Å². The number of guanidine groups is 1. The van der Waals surface area contributed by atoms with E-state index in [0.29, 0.717) is 19.5 Å². The van der Waals surface area contributed by atoms with Gasteiger partial charge in [-0.2, -0.15) is 13.2 Å². The van der Waals surface area contributed by atoms with Crippen LogP contribution in [0.3, 0.4) is 0 Å². The molecule has 0 aromatic carbocycles. The minimum Gasteiger partial charge on any atom is -0.356 e. The first-order chi connectivity index (χ1) is 10.4. The molecule has 0 spiro atoms. The number of aliphatic imine (C=N–C) groups is 1. The van der Waals surface area contributed by atoms with E-state index in [0.717, 1.165) is 19.0 Å². The molecule has 0 amide bonds. The van der Waals surface area contributed by atoms with Gasteiger partial charge in [0.1, 0.15) is 0 Å². The highest BCUT2D eigenvalue weighted by Crippen LogP contribution is 2.46. The van der Waals surface area contributed by atoms with Gasteiger partial charge in [0.05, 0.1) is 6.54 Å². The van der Waals surface area contributed by atoms with Crippen LogP contribution in [0, 0.1) is 5.41 Å². The maximum atomic E-state index is 12.3. The standard InChI is InChI=1S/C16H31F3N4/c1-7-20-13(23-11-14(2,3)15(23,4)5)21-9-8-10-22(6)12-16(17,18)19/h7-12H2,1-6H3,(H,20,21). The first-order valence-electron chi connectivity index (χ1n) is 8.22. The molecule has 4 nitrogen and oxygen atoms in total. The van der Waals surface area contributed by atoms with E-state index >= 15 is 0 Å². The normalized spacial score (nSPS) is 20.6. The van der Waals surface area contributed by atoms with Gasteiger partial charge in [0.25, 0.3) is 0 Å². The zero-order valence-electron chi connectivity index (χ0n) is 15.2. The Hall–Kier alpha value is -0.980. The first kappa shape index (κ1) is 20.1. The third-order valence-electron chi connectivity index (χ3n) is 4.88. The van der Waals surface area contributed by atoms with Gasteiger partial charge in [-0.1, -0.05) is 13.8 Å². The van der Waals surface area contributed by atoms with Crippen LogP contribution in [-0.2, 0) is 0 Å². The zero-order valence-corrected chi connectivity index (χ0v) is 15.2. The van der Waals surface area contributed by atoms with E-state index in [-0.39, 0.29) is 11.0 Å². The fourth-order valence-corrected chi connectivity index (χ4v) is 2.71. The van der Waals surface area contributed by atoms with Crippen LogP contribution in [0.4, 0.5) is 13.2 Å². The summed E-state index contributed by atoms with van der Waals surface area (Å²) in [6, 6.07) is 0. The molecule has 1 aliphatic heterocycles. The third-order valence-corrected chi connectivity index (χ3v) is 4.88. The van der Waals surface area contributed by atoms with Crippen molar-refractivity contribution < 1.29 is 13.2 Å². The number of halogens is 3. The highest BCUT2D eigenvalue weighted by atomic mass is 19.4. The molecule has 1 rings (SSSR count). The van der Waals surface area contributed by atoms with Crippen LogP contribution in [0.5, 0.6) is 0 Å². The molecule has 1 N–H and O–H groups in total. The molecule has 23 heavy (non-hydrogen) atoms. The minimum atomic E-state index is -4.14. The Morgan fingerprint density at radius 1 is 1.26 bits per heavy atom. The molecule has 0 radical (unpaired) electrons. The Bertz CT molecular complexity index is 416. The van der Waals surface area contributed by atoms with Crippen LogP contribution in [0.1, 0.15) is 41.0 Å². The summed E-state index contributed by atoms with van der Waals surface area (Å²) in [7, 11) is 1.49. The van der Waals surface area contributed by atoms with Crippen LogP contribution in [0.15, 0.2) is 4.99 Å². The smallest absolute Gasteiger partial charge is 0.356 e. The van der Waals surface area contributed by atoms with Crippen molar-refractivity contribution in [2.75, 3.05) is 39.8 Å². The molecule has 0 unspecified atom stereocenters. The van der Waals surface area contributed by atoms with Crippen LogP contribution in [0.2, 0.25) is 0 Å². The quantitative estimate of drug-likeness (QED) is 0.460. The minimum absolute atomic E-state index is 0.0150. The van der Waals surface area contributed by atoms with Crippen LogP contribution >= 0.6 is 0 Å². The third kappa shape index (κ3) is 5.26. The van der Waals surface area contributed by atoms with Gasteiger partial charge in [-0.25, -0.2) is 0 Å². The van der Waals surface area contributed by atoms with Crippen molar-refractivity contribution in [2.24, 2.45) is 10.4 Å². The maximum absolute atomic E-state index is 12.3. The predicted octanol–water partition coefficient (Wildman–Crippen LogP) is 2.96. The van der Waals surface area contributed by atoms with Gasteiger partial charge in [-0.05, 0) is 40.8 Å². The SMILES string of the molecule is CCNC(=NCCCN(C)CC(F)(F)F)N1CC(C)(C)C1(C)C. The Morgan fingerprint density at radius 3 is 2.30 bits per heavy atom. The molecule has 0 aromatic heterocycles. The van der Waals surface area contributed by atoms with Crippen LogP contribution in [-0.4, -0.2) is 67.2 Å². The summed E-state index contributed by atoms with van der Waals surface area (Å²) in [5, 5.41) is 3.29. The topological polar surface area (TPSA) is 30.9 Å². The molecule has 1 fully saturated rings. The summed E-state index contributed by atoms with van der Waals surface area (Å²) in [6.45, 7) is 12.6. The highest BCUT2D eigenvalue weighted by molar-refractivity contribution is 5.82. The van der Waals surface area contributed by atoms with Crippen LogP contribution < -0.4 is 5.32 Å². The lowest BCUT2D eigenvalue weighted by molar-refractivity contribution is -0.143. The molecule has 1 aliphatic rings. The number of nitrogens with one attached hydrogen (secondary N) is 1. The van der Waals surface area contributed by atoms with Crippen molar-refractivity contribution in [1.82, 2.24) is 15.1 Å². The molecular weight excluding hydrogens is 305 g/mol. The van der Waals surface area contributed by atoms with E-state index < -0.39 is 12.7 Å². The lowest BCUT2D eigenvalue weighted by Gasteiger charge is -2.62. The lowest BCUT2D eigenvalue weighted by atomic mass is 9.65. The summed E-state index contributed by atoms with van der Waals surface area (Å²) in [6.07, 6.45) is -3.53. The molecule has 0 aliphatic carbocycles. The Labute approximate surface area is 138 Å². The van der Waals surface area contributed by atoms with Gasteiger partial charge in [0.15, 0.2) is 5.96 Å². The number of alkyl halides is 3. The second-order valence-electron chi connectivity index (χ2n) is 7.47. The summed E-state index contributed by atoms with van der Waals surface area (Å²) in [5.41, 5.74) is 0.233. The van der Waals surface area contributed by atoms with Gasteiger partial charge >= 0.3 is 6.18 Å². The number of nitrogens with zero attached hydrogens (tertiary/aromatic N) is 3. The summed E-state index contributed by atoms with van der Waals surface area (Å²) >= 11 is 0.